The first kappa shape index (κ1) is 20.8. The van der Waals surface area contributed by atoms with Gasteiger partial charge in [0.15, 0.2) is 4.90 Å². The van der Waals surface area contributed by atoms with Gasteiger partial charge in [0, 0.05) is 37.3 Å². The van der Waals surface area contributed by atoms with Crippen molar-refractivity contribution in [2.24, 2.45) is 0 Å². The summed E-state index contributed by atoms with van der Waals surface area (Å²) in [7, 11) is 0.591. The van der Waals surface area contributed by atoms with Gasteiger partial charge in [0.25, 0.3) is 10.0 Å². The highest BCUT2D eigenvalue weighted by Crippen LogP contribution is 2.39. The number of piperazine rings is 1. The first-order valence-electron chi connectivity index (χ1n) is 7.40. The van der Waals surface area contributed by atoms with E-state index < -0.39 is 10.0 Å². The average Bonchev–Trinajstić information content (AvgIpc) is 2.55. The van der Waals surface area contributed by atoms with Crippen LogP contribution in [0.4, 0.5) is 0 Å². The molecule has 0 radical (unpaired) electrons. The number of hydrogen-bond donors (Lipinski definition) is 1. The minimum atomic E-state index is -3.77. The Morgan fingerprint density at radius 1 is 1.08 bits per heavy atom. The summed E-state index contributed by atoms with van der Waals surface area (Å²) < 4.78 is 43.6. The molecule has 0 aromatic heterocycles. The molecule has 2 unspecified atom stereocenters. The van der Waals surface area contributed by atoms with Crippen molar-refractivity contribution in [3.05, 3.63) is 12.1 Å². The number of halogens is 1. The van der Waals surface area contributed by atoms with E-state index in [-0.39, 0.29) is 40.9 Å². The van der Waals surface area contributed by atoms with E-state index in [1.807, 2.05) is 13.8 Å². The Labute approximate surface area is 149 Å². The third-order valence-electron chi connectivity index (χ3n) is 3.94. The van der Waals surface area contributed by atoms with Gasteiger partial charge in [-0.15, -0.1) is 12.4 Å². The van der Waals surface area contributed by atoms with E-state index in [0.29, 0.717) is 18.8 Å². The molecule has 1 N–H and O–H groups in total. The molecule has 1 aromatic rings. The van der Waals surface area contributed by atoms with E-state index in [9.17, 15) is 8.42 Å². The molecule has 1 aliphatic rings. The molecular formula is C15H25ClN2O5S. The van der Waals surface area contributed by atoms with Gasteiger partial charge in [-0.1, -0.05) is 0 Å². The summed E-state index contributed by atoms with van der Waals surface area (Å²) in [5.74, 6) is 0.888. The van der Waals surface area contributed by atoms with E-state index in [1.54, 1.807) is 12.1 Å². The Morgan fingerprint density at radius 3 is 2.08 bits per heavy atom. The first-order chi connectivity index (χ1) is 10.8. The zero-order valence-electron chi connectivity index (χ0n) is 14.5. The zero-order chi connectivity index (χ0) is 17.2. The molecule has 0 spiro atoms. The Kier molecular flexibility index (Phi) is 7.15. The van der Waals surface area contributed by atoms with Crippen molar-refractivity contribution in [1.29, 1.82) is 0 Å². The molecule has 1 saturated heterocycles. The lowest BCUT2D eigenvalue weighted by Gasteiger charge is -2.36. The Morgan fingerprint density at radius 2 is 1.62 bits per heavy atom. The molecule has 2 atom stereocenters. The molecule has 138 valence electrons. The van der Waals surface area contributed by atoms with Crippen LogP contribution in [-0.2, 0) is 10.0 Å². The summed E-state index contributed by atoms with van der Waals surface area (Å²) in [6.07, 6.45) is 0. The van der Waals surface area contributed by atoms with Crippen molar-refractivity contribution in [2.75, 3.05) is 34.4 Å². The number of nitrogens with one attached hydrogen (secondary N) is 1. The normalized spacial score (nSPS) is 21.7. The van der Waals surface area contributed by atoms with Gasteiger partial charge in [0.05, 0.1) is 21.3 Å². The van der Waals surface area contributed by atoms with Crippen LogP contribution < -0.4 is 19.5 Å². The average molecular weight is 381 g/mol. The minimum Gasteiger partial charge on any atom is -0.496 e. The number of benzene rings is 1. The fourth-order valence-electron chi connectivity index (χ4n) is 2.67. The van der Waals surface area contributed by atoms with Gasteiger partial charge in [-0.05, 0) is 13.8 Å². The maximum absolute atomic E-state index is 13.2. The molecule has 24 heavy (non-hydrogen) atoms. The third kappa shape index (κ3) is 3.88. The predicted molar refractivity (Wildman–Crippen MR) is 94.2 cm³/mol. The van der Waals surface area contributed by atoms with Gasteiger partial charge < -0.3 is 19.5 Å². The second-order valence-electron chi connectivity index (χ2n) is 5.59. The minimum absolute atomic E-state index is 0. The predicted octanol–water partition coefficient (Wildman–Crippen LogP) is 1.51. The monoisotopic (exact) mass is 380 g/mol. The molecule has 7 nitrogen and oxygen atoms in total. The molecule has 1 fully saturated rings. The van der Waals surface area contributed by atoms with Crippen molar-refractivity contribution >= 4 is 22.4 Å². The largest absolute Gasteiger partial charge is 0.496 e. The first-order valence-corrected chi connectivity index (χ1v) is 8.84. The molecule has 0 amide bonds. The molecular weight excluding hydrogens is 356 g/mol. The van der Waals surface area contributed by atoms with Gasteiger partial charge >= 0.3 is 0 Å². The highest BCUT2D eigenvalue weighted by molar-refractivity contribution is 7.89. The van der Waals surface area contributed by atoms with Crippen LogP contribution in [0, 0.1) is 0 Å². The van der Waals surface area contributed by atoms with Gasteiger partial charge in [-0.25, -0.2) is 8.42 Å². The second-order valence-corrected chi connectivity index (χ2v) is 7.42. The van der Waals surface area contributed by atoms with Crippen LogP contribution in [-0.4, -0.2) is 59.2 Å². The summed E-state index contributed by atoms with van der Waals surface area (Å²) in [4.78, 5) is 0.0317. The summed E-state index contributed by atoms with van der Waals surface area (Å²) in [6, 6.07) is 3.01. The smallest absolute Gasteiger partial charge is 0.250 e. The lowest BCUT2D eigenvalue weighted by molar-refractivity contribution is 0.243. The van der Waals surface area contributed by atoms with Crippen molar-refractivity contribution in [3.8, 4) is 17.2 Å². The summed E-state index contributed by atoms with van der Waals surface area (Å²) in [5, 5.41) is 3.27. The van der Waals surface area contributed by atoms with E-state index in [2.05, 4.69) is 5.32 Å². The van der Waals surface area contributed by atoms with Gasteiger partial charge in [0.2, 0.25) is 0 Å². The fourth-order valence-corrected chi connectivity index (χ4v) is 4.66. The number of rotatable bonds is 5. The number of ether oxygens (including phenoxy) is 3. The third-order valence-corrected chi connectivity index (χ3v) is 5.99. The molecule has 2 rings (SSSR count). The molecule has 1 aliphatic heterocycles. The highest BCUT2D eigenvalue weighted by Gasteiger charge is 2.37. The van der Waals surface area contributed by atoms with Crippen molar-refractivity contribution in [1.82, 2.24) is 9.62 Å². The maximum Gasteiger partial charge on any atom is 0.250 e. The van der Waals surface area contributed by atoms with Crippen LogP contribution >= 0.6 is 12.4 Å². The summed E-state index contributed by atoms with van der Waals surface area (Å²) in [6.45, 7) is 4.82. The van der Waals surface area contributed by atoms with Gasteiger partial charge in [-0.3, -0.25) is 0 Å². The Balaban J connectivity index is 0.00000288. The zero-order valence-corrected chi connectivity index (χ0v) is 16.2. The number of sulfonamides is 1. The molecule has 9 heteroatoms. The van der Waals surface area contributed by atoms with Crippen LogP contribution in [0.2, 0.25) is 0 Å². The summed E-state index contributed by atoms with van der Waals surface area (Å²) in [5.41, 5.74) is 0. The quantitative estimate of drug-likeness (QED) is 0.834. The molecule has 0 aliphatic carbocycles. The van der Waals surface area contributed by atoms with Crippen LogP contribution in [0.1, 0.15) is 13.8 Å². The van der Waals surface area contributed by atoms with Gasteiger partial charge in [-0.2, -0.15) is 4.31 Å². The second kappa shape index (κ2) is 8.24. The molecule has 0 saturated carbocycles. The molecule has 0 bridgehead atoms. The lowest BCUT2D eigenvalue weighted by atomic mass is 10.2. The Hall–Kier alpha value is -1.22. The van der Waals surface area contributed by atoms with E-state index in [1.165, 1.54) is 25.6 Å². The fraction of sp³-hybridized carbons (Fsp3) is 0.600. The van der Waals surface area contributed by atoms with Crippen molar-refractivity contribution in [3.63, 3.8) is 0 Å². The Bertz CT molecular complexity index is 643. The van der Waals surface area contributed by atoms with Crippen LogP contribution in [0.3, 0.4) is 0 Å². The van der Waals surface area contributed by atoms with E-state index >= 15 is 0 Å². The van der Waals surface area contributed by atoms with Gasteiger partial charge in [0.1, 0.15) is 17.2 Å². The highest BCUT2D eigenvalue weighted by atomic mass is 35.5. The van der Waals surface area contributed by atoms with Crippen LogP contribution in [0.15, 0.2) is 17.0 Å². The lowest BCUT2D eigenvalue weighted by Crippen LogP contribution is -2.56. The number of nitrogens with zero attached hydrogens (tertiary/aromatic N) is 1. The molecule has 1 heterocycles. The van der Waals surface area contributed by atoms with Crippen LogP contribution in [0.5, 0.6) is 17.2 Å². The van der Waals surface area contributed by atoms with Crippen molar-refractivity contribution in [2.45, 2.75) is 30.8 Å². The maximum atomic E-state index is 13.2. The van der Waals surface area contributed by atoms with Crippen molar-refractivity contribution < 1.29 is 22.6 Å². The standard InChI is InChI=1S/C15H24N2O5S.ClH/c1-10-9-17(11(2)8-16-10)23(18,19)15-13(21-4)6-12(20-3)7-14(15)22-5;/h6-7,10-11,16H,8-9H2,1-5H3;1H. The van der Waals surface area contributed by atoms with E-state index in [0.717, 1.165) is 0 Å². The summed E-state index contributed by atoms with van der Waals surface area (Å²) >= 11 is 0. The SMILES string of the molecule is COc1cc(OC)c(S(=O)(=O)N2CC(C)NCC2C)c(OC)c1.Cl. The van der Waals surface area contributed by atoms with E-state index in [4.69, 9.17) is 14.2 Å². The van der Waals surface area contributed by atoms with Crippen LogP contribution in [0.25, 0.3) is 0 Å². The topological polar surface area (TPSA) is 77.1 Å². The molecule has 1 aromatic carbocycles. The number of hydrogen-bond acceptors (Lipinski definition) is 6. The number of methoxy groups -OCH3 is 3.